The number of hydrogen-bond acceptors (Lipinski definition) is 4. The monoisotopic (exact) mass is 419 g/mol. The Kier molecular flexibility index (Phi) is 6.04. The van der Waals surface area contributed by atoms with Crippen molar-refractivity contribution < 1.29 is 9.63 Å². The van der Waals surface area contributed by atoms with Crippen LogP contribution in [0.2, 0.25) is 10.0 Å². The third-order valence-electron chi connectivity index (χ3n) is 3.73. The Morgan fingerprint density at radius 2 is 2.00 bits per heavy atom. The molecular formula is C16H13Cl4N3O2. The zero-order valence-electron chi connectivity index (χ0n) is 12.7. The van der Waals surface area contributed by atoms with Crippen LogP contribution in [-0.2, 0) is 9.63 Å². The van der Waals surface area contributed by atoms with E-state index in [0.717, 1.165) is 5.56 Å². The first-order chi connectivity index (χ1) is 12.0. The Balaban J connectivity index is 1.75. The van der Waals surface area contributed by atoms with Crippen molar-refractivity contribution in [3.05, 3.63) is 57.8 Å². The average Bonchev–Trinajstić information content (AvgIpc) is 3.04. The van der Waals surface area contributed by atoms with Gasteiger partial charge in [-0.25, -0.2) is 0 Å². The summed E-state index contributed by atoms with van der Waals surface area (Å²) in [5.41, 5.74) is 4.91. The highest BCUT2D eigenvalue weighted by molar-refractivity contribution is 6.54. The fourth-order valence-electron chi connectivity index (χ4n) is 2.56. The number of hydrogen-bond donors (Lipinski definition) is 2. The number of benzene rings is 1. The Hall–Kier alpha value is -1.08. The van der Waals surface area contributed by atoms with Crippen LogP contribution in [0.4, 0.5) is 5.69 Å². The van der Waals surface area contributed by atoms with Crippen LogP contribution in [0.5, 0.6) is 0 Å². The van der Waals surface area contributed by atoms with Crippen LogP contribution >= 0.6 is 46.4 Å². The van der Waals surface area contributed by atoms with Gasteiger partial charge in [-0.15, -0.1) is 0 Å². The van der Waals surface area contributed by atoms with E-state index in [-0.39, 0.29) is 12.1 Å². The number of rotatable bonds is 4. The molecule has 9 heteroatoms. The number of hydroxylamine groups is 1. The lowest BCUT2D eigenvalue weighted by Crippen LogP contribution is -2.19. The fourth-order valence-corrected chi connectivity index (χ4v) is 3.31. The molecular weight excluding hydrogens is 408 g/mol. The van der Waals surface area contributed by atoms with Gasteiger partial charge in [0.15, 0.2) is 4.84 Å². The van der Waals surface area contributed by atoms with E-state index in [9.17, 15) is 4.79 Å². The molecule has 0 bridgehead atoms. The van der Waals surface area contributed by atoms with Crippen LogP contribution in [0, 0.1) is 0 Å². The maximum atomic E-state index is 11.6. The number of halogens is 4. The van der Waals surface area contributed by atoms with Crippen molar-refractivity contribution in [1.82, 2.24) is 10.5 Å². The van der Waals surface area contributed by atoms with E-state index in [1.807, 2.05) is 0 Å². The predicted octanol–water partition coefficient (Wildman–Crippen LogP) is 4.84. The summed E-state index contributed by atoms with van der Waals surface area (Å²) >= 11 is 23.6. The van der Waals surface area contributed by atoms with E-state index in [1.54, 1.807) is 36.5 Å². The number of anilines is 1. The smallest absolute Gasteiger partial charge is 0.257 e. The molecule has 0 spiro atoms. The van der Waals surface area contributed by atoms with Gasteiger partial charge in [0.1, 0.15) is 6.10 Å². The SMILES string of the molecule is O=C(Nc1ccnc([C@@H]2C[C@H](c3c(Cl)cccc3Cl)ON2)c1)C(Cl)Cl. The molecule has 2 atom stereocenters. The second kappa shape index (κ2) is 8.08. The molecule has 0 radical (unpaired) electrons. The molecule has 2 N–H and O–H groups in total. The fraction of sp³-hybridized carbons (Fsp3) is 0.250. The Labute approximate surface area is 164 Å². The van der Waals surface area contributed by atoms with Crippen molar-refractivity contribution in [2.24, 2.45) is 0 Å². The lowest BCUT2D eigenvalue weighted by atomic mass is 10.0. The maximum absolute atomic E-state index is 11.6. The molecule has 1 fully saturated rings. The Bertz CT molecular complexity index is 767. The van der Waals surface area contributed by atoms with Gasteiger partial charge in [-0.1, -0.05) is 52.5 Å². The maximum Gasteiger partial charge on any atom is 0.257 e. The van der Waals surface area contributed by atoms with Crippen molar-refractivity contribution in [2.75, 3.05) is 5.32 Å². The number of nitrogens with zero attached hydrogens (tertiary/aromatic N) is 1. The highest BCUT2D eigenvalue weighted by atomic mass is 35.5. The van der Waals surface area contributed by atoms with Crippen LogP contribution in [0.15, 0.2) is 36.5 Å². The van der Waals surface area contributed by atoms with Gasteiger partial charge in [-0.2, -0.15) is 5.48 Å². The summed E-state index contributed by atoms with van der Waals surface area (Å²) in [6, 6.07) is 8.51. The molecule has 1 aromatic heterocycles. The van der Waals surface area contributed by atoms with E-state index in [4.69, 9.17) is 51.2 Å². The minimum Gasteiger partial charge on any atom is -0.324 e. The predicted molar refractivity (Wildman–Crippen MR) is 99.1 cm³/mol. The first-order valence-corrected chi connectivity index (χ1v) is 8.98. The molecule has 1 aromatic carbocycles. The molecule has 2 heterocycles. The van der Waals surface area contributed by atoms with Gasteiger partial charge < -0.3 is 5.32 Å². The van der Waals surface area contributed by atoms with Gasteiger partial charge in [-0.05, 0) is 24.3 Å². The highest BCUT2D eigenvalue weighted by Gasteiger charge is 2.31. The number of aromatic nitrogens is 1. The molecule has 132 valence electrons. The molecule has 1 aliphatic heterocycles. The van der Waals surface area contributed by atoms with Crippen molar-refractivity contribution in [2.45, 2.75) is 23.4 Å². The van der Waals surface area contributed by atoms with E-state index in [2.05, 4.69) is 15.8 Å². The van der Waals surface area contributed by atoms with Crippen molar-refractivity contribution in [3.63, 3.8) is 0 Å². The summed E-state index contributed by atoms with van der Waals surface area (Å²) in [5.74, 6) is -0.503. The van der Waals surface area contributed by atoms with Gasteiger partial charge in [0, 0.05) is 33.9 Å². The molecule has 25 heavy (non-hydrogen) atoms. The first-order valence-electron chi connectivity index (χ1n) is 7.35. The van der Waals surface area contributed by atoms with Crippen molar-refractivity contribution in [1.29, 1.82) is 0 Å². The molecule has 0 aliphatic carbocycles. The molecule has 1 saturated heterocycles. The van der Waals surface area contributed by atoms with Gasteiger partial charge in [0.25, 0.3) is 5.91 Å². The zero-order chi connectivity index (χ0) is 18.0. The topological polar surface area (TPSA) is 63.2 Å². The second-order valence-electron chi connectivity index (χ2n) is 5.41. The average molecular weight is 421 g/mol. The Morgan fingerprint density at radius 3 is 2.68 bits per heavy atom. The number of carbonyl (C=O) groups is 1. The minimum atomic E-state index is -1.14. The number of pyridine rings is 1. The quantitative estimate of drug-likeness (QED) is 0.694. The Morgan fingerprint density at radius 1 is 1.28 bits per heavy atom. The third-order valence-corrected chi connectivity index (χ3v) is 4.78. The summed E-state index contributed by atoms with van der Waals surface area (Å²) in [4.78, 5) is 20.4. The van der Waals surface area contributed by atoms with Crippen molar-refractivity contribution >= 4 is 58.0 Å². The summed E-state index contributed by atoms with van der Waals surface area (Å²) in [5, 5.41) is 3.70. The van der Waals surface area contributed by atoms with Gasteiger partial charge in [-0.3, -0.25) is 14.6 Å². The van der Waals surface area contributed by atoms with E-state index >= 15 is 0 Å². The number of carbonyl (C=O) groups excluding carboxylic acids is 1. The number of amides is 1. The molecule has 1 amide bonds. The normalized spacial score (nSPS) is 20.0. The molecule has 1 aliphatic rings. The van der Waals surface area contributed by atoms with E-state index in [1.165, 1.54) is 0 Å². The van der Waals surface area contributed by atoms with Crippen LogP contribution in [-0.4, -0.2) is 15.7 Å². The minimum absolute atomic E-state index is 0.183. The van der Waals surface area contributed by atoms with Crippen molar-refractivity contribution in [3.8, 4) is 0 Å². The van der Waals surface area contributed by atoms with Crippen LogP contribution < -0.4 is 10.8 Å². The molecule has 0 saturated carbocycles. The second-order valence-corrected chi connectivity index (χ2v) is 7.32. The van der Waals surface area contributed by atoms with Gasteiger partial charge in [0.2, 0.25) is 0 Å². The lowest BCUT2D eigenvalue weighted by Gasteiger charge is -2.12. The van der Waals surface area contributed by atoms with E-state index in [0.29, 0.717) is 27.8 Å². The summed E-state index contributed by atoms with van der Waals surface area (Å²) < 4.78 is 0. The first kappa shape index (κ1) is 18.7. The van der Waals surface area contributed by atoms with Crippen LogP contribution in [0.25, 0.3) is 0 Å². The standard InChI is InChI=1S/C16H13Cl4N3O2/c17-9-2-1-3-10(18)14(9)13-7-12(23-25-13)11-6-8(4-5-21-11)22-16(24)15(19)20/h1-6,12-13,15,23H,7H2,(H,21,22,24)/t12-,13+/m0/s1. The highest BCUT2D eigenvalue weighted by Crippen LogP contribution is 2.40. The lowest BCUT2D eigenvalue weighted by molar-refractivity contribution is -0.114. The largest absolute Gasteiger partial charge is 0.324 e. The molecule has 5 nitrogen and oxygen atoms in total. The number of nitrogens with one attached hydrogen (secondary N) is 2. The van der Waals surface area contributed by atoms with E-state index < -0.39 is 10.7 Å². The zero-order valence-corrected chi connectivity index (χ0v) is 15.7. The number of alkyl halides is 2. The van der Waals surface area contributed by atoms with Crippen LogP contribution in [0.1, 0.15) is 29.8 Å². The molecule has 2 aromatic rings. The van der Waals surface area contributed by atoms with Gasteiger partial charge in [0.05, 0.1) is 11.7 Å². The van der Waals surface area contributed by atoms with Gasteiger partial charge >= 0.3 is 0 Å². The molecule has 3 rings (SSSR count). The summed E-state index contributed by atoms with van der Waals surface area (Å²) in [6.07, 6.45) is 1.86. The summed E-state index contributed by atoms with van der Waals surface area (Å²) in [7, 11) is 0. The summed E-state index contributed by atoms with van der Waals surface area (Å²) in [6.45, 7) is 0. The molecule has 0 unspecified atom stereocenters. The van der Waals surface area contributed by atoms with Crippen LogP contribution in [0.3, 0.4) is 0 Å². The third kappa shape index (κ3) is 4.37.